The third kappa shape index (κ3) is 6.48. The summed E-state index contributed by atoms with van der Waals surface area (Å²) in [7, 11) is 1.57. The number of rotatable bonds is 6. The van der Waals surface area contributed by atoms with Gasteiger partial charge >= 0.3 is 6.09 Å². The molecule has 1 aromatic carbocycles. The summed E-state index contributed by atoms with van der Waals surface area (Å²) in [5.74, 6) is -0.171. The van der Waals surface area contributed by atoms with Gasteiger partial charge in [-0.3, -0.25) is 14.4 Å². The molecule has 3 atom stereocenters. The Morgan fingerprint density at radius 3 is 2.60 bits per heavy atom. The van der Waals surface area contributed by atoms with Crippen LogP contribution in [0.1, 0.15) is 76.2 Å². The van der Waals surface area contributed by atoms with Crippen molar-refractivity contribution in [3.8, 4) is 11.8 Å². The van der Waals surface area contributed by atoms with Crippen LogP contribution in [0.5, 0.6) is 5.75 Å². The van der Waals surface area contributed by atoms with E-state index in [1.165, 1.54) is 0 Å². The Balaban J connectivity index is 1.37. The van der Waals surface area contributed by atoms with Gasteiger partial charge in [-0.1, -0.05) is 6.07 Å². The number of hydrogen-bond donors (Lipinski definition) is 2. The lowest BCUT2D eigenvalue weighted by atomic mass is 9.76. The standard InChI is InChI=1S/C32H41N5O6/c1-31(2,3)43-30(41)36-13-11-32(12-14-36)17-25(28(39)34-21(18-33)15-20-7-5-9-26(20)38)37(19-32)29(40)24-16-22-23(35-24)8-6-10-27(22)42-4/h6,8,10,16,20-21,25,35H,5,7,9,11-15,17,19H2,1-4H3,(H,34,39). The fourth-order valence-electron chi connectivity index (χ4n) is 6.77. The topological polar surface area (TPSA) is 145 Å². The van der Waals surface area contributed by atoms with Crippen LogP contribution >= 0.6 is 0 Å². The number of carbonyl (C=O) groups is 4. The van der Waals surface area contributed by atoms with Gasteiger partial charge in [0.1, 0.15) is 34.9 Å². The number of nitriles is 1. The summed E-state index contributed by atoms with van der Waals surface area (Å²) in [4.78, 5) is 59.2. The van der Waals surface area contributed by atoms with E-state index in [9.17, 15) is 24.4 Å². The van der Waals surface area contributed by atoms with Crippen LogP contribution in [0.3, 0.4) is 0 Å². The van der Waals surface area contributed by atoms with E-state index in [0.29, 0.717) is 56.8 Å². The number of hydrogen-bond acceptors (Lipinski definition) is 7. The van der Waals surface area contributed by atoms with Gasteiger partial charge in [-0.2, -0.15) is 5.26 Å². The van der Waals surface area contributed by atoms with Gasteiger partial charge in [0.15, 0.2) is 0 Å². The Kier molecular flexibility index (Phi) is 8.41. The van der Waals surface area contributed by atoms with E-state index in [1.807, 2.05) is 39.0 Å². The predicted molar refractivity (Wildman–Crippen MR) is 158 cm³/mol. The second-order valence-electron chi connectivity index (χ2n) is 13.2. The molecule has 2 aromatic rings. The molecular formula is C32H41N5O6. The van der Waals surface area contributed by atoms with E-state index in [4.69, 9.17) is 9.47 Å². The zero-order valence-corrected chi connectivity index (χ0v) is 25.4. The lowest BCUT2D eigenvalue weighted by molar-refractivity contribution is -0.126. The summed E-state index contributed by atoms with van der Waals surface area (Å²) in [6.45, 7) is 6.75. The van der Waals surface area contributed by atoms with E-state index in [2.05, 4.69) is 16.4 Å². The number of aromatic nitrogens is 1. The van der Waals surface area contributed by atoms with E-state index in [0.717, 1.165) is 23.7 Å². The first-order valence-corrected chi connectivity index (χ1v) is 15.1. The number of fused-ring (bicyclic) bond motifs is 1. The minimum Gasteiger partial charge on any atom is -0.496 e. The Hall–Kier alpha value is -4.07. The Morgan fingerprint density at radius 1 is 1.23 bits per heavy atom. The lowest BCUT2D eigenvalue weighted by Gasteiger charge is -2.39. The molecule has 2 aliphatic heterocycles. The van der Waals surface area contributed by atoms with Crippen LogP contribution in [0.4, 0.5) is 4.79 Å². The van der Waals surface area contributed by atoms with Gasteiger partial charge in [0, 0.05) is 42.9 Å². The molecule has 3 amide bonds. The summed E-state index contributed by atoms with van der Waals surface area (Å²) >= 11 is 0. The molecule has 1 saturated carbocycles. The number of likely N-dealkylation sites (tertiary alicyclic amines) is 2. The summed E-state index contributed by atoms with van der Waals surface area (Å²) in [5, 5.41) is 13.4. The van der Waals surface area contributed by atoms with Crippen LogP contribution in [0.15, 0.2) is 24.3 Å². The van der Waals surface area contributed by atoms with Crippen molar-refractivity contribution in [3.05, 3.63) is 30.0 Å². The van der Waals surface area contributed by atoms with Crippen molar-refractivity contribution in [2.45, 2.75) is 83.4 Å². The zero-order chi connectivity index (χ0) is 30.9. The molecule has 43 heavy (non-hydrogen) atoms. The number of amides is 3. The molecule has 1 aliphatic carbocycles. The van der Waals surface area contributed by atoms with Crippen LogP contribution in [0.25, 0.3) is 10.9 Å². The van der Waals surface area contributed by atoms with Crippen LogP contribution in [0.2, 0.25) is 0 Å². The maximum Gasteiger partial charge on any atom is 0.410 e. The van der Waals surface area contributed by atoms with Crippen LogP contribution in [0, 0.1) is 22.7 Å². The highest BCUT2D eigenvalue weighted by molar-refractivity contribution is 6.02. The van der Waals surface area contributed by atoms with Crippen molar-refractivity contribution in [3.63, 3.8) is 0 Å². The van der Waals surface area contributed by atoms with Gasteiger partial charge < -0.3 is 29.6 Å². The van der Waals surface area contributed by atoms with Crippen molar-refractivity contribution >= 4 is 34.6 Å². The predicted octanol–water partition coefficient (Wildman–Crippen LogP) is 4.18. The van der Waals surface area contributed by atoms with E-state index in [-0.39, 0.29) is 35.5 Å². The number of H-pyrrole nitrogens is 1. The zero-order valence-electron chi connectivity index (χ0n) is 25.4. The molecule has 0 bridgehead atoms. The Bertz CT molecular complexity index is 1440. The van der Waals surface area contributed by atoms with Crippen molar-refractivity contribution in [1.82, 2.24) is 20.1 Å². The average Bonchev–Trinajstić information content (AvgIpc) is 3.68. The summed E-state index contributed by atoms with van der Waals surface area (Å²) in [5.41, 5.74) is 0.112. The minimum absolute atomic E-state index is 0.136. The first kappa shape index (κ1) is 30.4. The summed E-state index contributed by atoms with van der Waals surface area (Å²) in [6.07, 6.45) is 3.58. The van der Waals surface area contributed by atoms with Gasteiger partial charge in [0.25, 0.3) is 5.91 Å². The highest BCUT2D eigenvalue weighted by Gasteiger charge is 2.51. The molecule has 11 heteroatoms. The number of aromatic amines is 1. The number of benzene rings is 1. The van der Waals surface area contributed by atoms with E-state index in [1.54, 1.807) is 23.0 Å². The molecular weight excluding hydrogens is 550 g/mol. The molecule has 0 radical (unpaired) electrons. The summed E-state index contributed by atoms with van der Waals surface area (Å²) < 4.78 is 11.0. The molecule has 3 heterocycles. The van der Waals surface area contributed by atoms with Gasteiger partial charge in [-0.15, -0.1) is 0 Å². The van der Waals surface area contributed by atoms with Crippen molar-refractivity contribution in [1.29, 1.82) is 5.26 Å². The van der Waals surface area contributed by atoms with E-state index < -0.39 is 23.6 Å². The number of nitrogens with one attached hydrogen (secondary N) is 2. The SMILES string of the molecule is COc1cccc2[nH]c(C(=O)N3CC4(CCN(C(=O)OC(C)(C)C)CC4)CC3C(=O)NC(C#N)CC3CCCC3=O)cc12. The molecule has 3 aliphatic rings. The van der Waals surface area contributed by atoms with Gasteiger partial charge in [-0.05, 0) is 82.9 Å². The number of piperidine rings is 1. The smallest absolute Gasteiger partial charge is 0.410 e. The Morgan fingerprint density at radius 2 is 1.98 bits per heavy atom. The van der Waals surface area contributed by atoms with Gasteiger partial charge in [0.05, 0.1) is 13.2 Å². The van der Waals surface area contributed by atoms with Crippen molar-refractivity contribution < 1.29 is 28.7 Å². The first-order valence-electron chi connectivity index (χ1n) is 15.1. The largest absolute Gasteiger partial charge is 0.496 e. The summed E-state index contributed by atoms with van der Waals surface area (Å²) in [6, 6.07) is 7.79. The first-order chi connectivity index (χ1) is 20.4. The fraction of sp³-hybridized carbons (Fsp3) is 0.594. The van der Waals surface area contributed by atoms with Gasteiger partial charge in [-0.25, -0.2) is 4.79 Å². The fourth-order valence-corrected chi connectivity index (χ4v) is 6.77. The Labute approximate surface area is 251 Å². The molecule has 11 nitrogen and oxygen atoms in total. The molecule has 5 rings (SSSR count). The van der Waals surface area contributed by atoms with Crippen molar-refractivity contribution in [2.24, 2.45) is 11.3 Å². The maximum absolute atomic E-state index is 14.0. The average molecular weight is 592 g/mol. The normalized spacial score (nSPS) is 22.4. The second kappa shape index (κ2) is 11.9. The highest BCUT2D eigenvalue weighted by atomic mass is 16.6. The van der Waals surface area contributed by atoms with Crippen LogP contribution < -0.4 is 10.1 Å². The molecule has 2 N–H and O–H groups in total. The molecule has 1 spiro atoms. The lowest BCUT2D eigenvalue weighted by Crippen LogP contribution is -2.49. The van der Waals surface area contributed by atoms with Gasteiger partial charge in [0.2, 0.25) is 5.91 Å². The number of methoxy groups -OCH3 is 1. The maximum atomic E-state index is 14.0. The quantitative estimate of drug-likeness (QED) is 0.513. The van der Waals surface area contributed by atoms with E-state index >= 15 is 0 Å². The third-order valence-electron chi connectivity index (χ3n) is 9.05. The number of ketones is 1. The third-order valence-corrected chi connectivity index (χ3v) is 9.05. The molecule has 2 saturated heterocycles. The second-order valence-corrected chi connectivity index (χ2v) is 13.2. The number of Topliss-reactive ketones (excluding diaryl/α,β-unsaturated/α-hetero) is 1. The highest BCUT2D eigenvalue weighted by Crippen LogP contribution is 2.44. The van der Waals surface area contributed by atoms with Crippen LogP contribution in [-0.2, 0) is 14.3 Å². The molecule has 1 aromatic heterocycles. The van der Waals surface area contributed by atoms with Crippen LogP contribution in [-0.4, -0.2) is 82.9 Å². The number of carbonyl (C=O) groups excluding carboxylic acids is 4. The van der Waals surface area contributed by atoms with Crippen molar-refractivity contribution in [2.75, 3.05) is 26.7 Å². The molecule has 3 unspecified atom stereocenters. The minimum atomic E-state index is -0.820. The number of ether oxygens (including phenoxy) is 2. The molecule has 3 fully saturated rings. The molecule has 230 valence electrons. The number of nitrogens with zero attached hydrogens (tertiary/aromatic N) is 3. The monoisotopic (exact) mass is 591 g/mol.